The van der Waals surface area contributed by atoms with E-state index in [0.29, 0.717) is 19.5 Å². The van der Waals surface area contributed by atoms with Crippen LogP contribution in [0.25, 0.3) is 0 Å². The third-order valence-electron chi connectivity index (χ3n) is 5.72. The van der Waals surface area contributed by atoms with E-state index in [2.05, 4.69) is 17.6 Å². The summed E-state index contributed by atoms with van der Waals surface area (Å²) in [5, 5.41) is 5.77. The number of unbranched alkanes of at least 4 members (excludes halogenated alkanes) is 1. The second kappa shape index (κ2) is 13.4. The molecule has 0 heterocycles. The van der Waals surface area contributed by atoms with Crippen molar-refractivity contribution in [2.45, 2.75) is 99.3 Å². The predicted molar refractivity (Wildman–Crippen MR) is 137 cm³/mol. The van der Waals surface area contributed by atoms with Crippen molar-refractivity contribution in [2.24, 2.45) is 5.92 Å². The van der Waals surface area contributed by atoms with Crippen LogP contribution >= 0.6 is 0 Å². The smallest absolute Gasteiger partial charge is 0.408 e. The molecular weight excluding hydrogens is 430 g/mol. The van der Waals surface area contributed by atoms with Crippen LogP contribution in [0, 0.1) is 19.8 Å². The van der Waals surface area contributed by atoms with E-state index in [1.165, 1.54) is 0 Å². The lowest BCUT2D eigenvalue weighted by Crippen LogP contribution is -2.55. The summed E-state index contributed by atoms with van der Waals surface area (Å²) < 4.78 is 5.42. The van der Waals surface area contributed by atoms with E-state index in [1.807, 2.05) is 52.8 Å². The van der Waals surface area contributed by atoms with Gasteiger partial charge in [0.2, 0.25) is 11.8 Å². The Bertz CT molecular complexity index is 811. The van der Waals surface area contributed by atoms with E-state index >= 15 is 0 Å². The summed E-state index contributed by atoms with van der Waals surface area (Å²) in [4.78, 5) is 41.4. The number of alkyl carbamates (subject to hydrolysis) is 1. The van der Waals surface area contributed by atoms with E-state index < -0.39 is 23.8 Å². The molecule has 1 aromatic carbocycles. The molecule has 2 N–H and O–H groups in total. The number of carbonyl (C=O) groups is 3. The molecule has 7 nitrogen and oxygen atoms in total. The molecule has 0 aliphatic carbocycles. The minimum Gasteiger partial charge on any atom is -0.444 e. The van der Waals surface area contributed by atoms with Gasteiger partial charge in [-0.15, -0.1) is 0 Å². The van der Waals surface area contributed by atoms with Crippen molar-refractivity contribution in [3.05, 3.63) is 34.9 Å². The van der Waals surface area contributed by atoms with E-state index in [4.69, 9.17) is 4.74 Å². The van der Waals surface area contributed by atoms with Crippen molar-refractivity contribution in [3.8, 4) is 0 Å². The number of rotatable bonds is 11. The molecule has 1 aromatic rings. The first-order valence-corrected chi connectivity index (χ1v) is 12.5. The van der Waals surface area contributed by atoms with Crippen molar-refractivity contribution < 1.29 is 19.1 Å². The molecule has 0 aromatic heterocycles. The third-order valence-corrected chi connectivity index (χ3v) is 5.72. The summed E-state index contributed by atoms with van der Waals surface area (Å²) in [6.45, 7) is 18.0. The molecule has 0 fully saturated rings. The zero-order chi connectivity index (χ0) is 26.1. The molecular formula is C27H45N3O4. The van der Waals surface area contributed by atoms with Crippen molar-refractivity contribution in [3.63, 3.8) is 0 Å². The number of hydrogen-bond acceptors (Lipinski definition) is 4. The molecule has 3 amide bonds. The summed E-state index contributed by atoms with van der Waals surface area (Å²) in [6.07, 6.45) is 1.86. The number of aryl methyl sites for hydroxylation is 2. The highest BCUT2D eigenvalue weighted by Gasteiger charge is 2.37. The monoisotopic (exact) mass is 475 g/mol. The summed E-state index contributed by atoms with van der Waals surface area (Å²) >= 11 is 0. The maximum Gasteiger partial charge on any atom is 0.408 e. The van der Waals surface area contributed by atoms with Crippen LogP contribution in [0.2, 0.25) is 0 Å². The second-order valence-electron chi connectivity index (χ2n) is 10.1. The van der Waals surface area contributed by atoms with Gasteiger partial charge in [-0.2, -0.15) is 0 Å². The Balaban J connectivity index is 3.40. The molecule has 7 heteroatoms. The van der Waals surface area contributed by atoms with Gasteiger partial charge < -0.3 is 20.3 Å². The number of benzene rings is 1. The van der Waals surface area contributed by atoms with Gasteiger partial charge in [-0.05, 0) is 59.4 Å². The van der Waals surface area contributed by atoms with Gasteiger partial charge in [0, 0.05) is 13.1 Å². The molecule has 0 saturated heterocycles. The van der Waals surface area contributed by atoms with E-state index in [9.17, 15) is 14.4 Å². The van der Waals surface area contributed by atoms with Gasteiger partial charge in [0.15, 0.2) is 0 Å². The van der Waals surface area contributed by atoms with Gasteiger partial charge in [0.1, 0.15) is 17.7 Å². The van der Waals surface area contributed by atoms with Crippen LogP contribution in [-0.4, -0.2) is 47.5 Å². The standard InChI is InChI=1S/C27H45N3O4/c1-10-13-14-28-24(31)23(21-16-18(4)15-19(5)17-21)30(12-3)25(32)22(20(6)11-2)29-26(33)34-27(7,8)9/h15-17,20,22-23H,10-14H2,1-9H3,(H,28,31)(H,29,33). The molecule has 0 aliphatic heterocycles. The minimum atomic E-state index is -0.809. The second-order valence-corrected chi connectivity index (χ2v) is 10.1. The fraction of sp³-hybridized carbons (Fsp3) is 0.667. The molecule has 0 aliphatic rings. The van der Waals surface area contributed by atoms with Crippen LogP contribution < -0.4 is 10.6 Å². The maximum atomic E-state index is 13.9. The Labute approximate surface area is 206 Å². The third kappa shape index (κ3) is 8.99. The van der Waals surface area contributed by atoms with Crippen LogP contribution in [0.3, 0.4) is 0 Å². The Morgan fingerprint density at radius 3 is 2.09 bits per heavy atom. The Morgan fingerprint density at radius 2 is 1.62 bits per heavy atom. The summed E-state index contributed by atoms with van der Waals surface area (Å²) in [5.74, 6) is -0.650. The Morgan fingerprint density at radius 1 is 1.03 bits per heavy atom. The lowest BCUT2D eigenvalue weighted by atomic mass is 9.94. The first-order valence-electron chi connectivity index (χ1n) is 12.5. The normalized spacial score (nSPS) is 14.0. The van der Waals surface area contributed by atoms with Crippen LogP contribution in [0.5, 0.6) is 0 Å². The topological polar surface area (TPSA) is 87.7 Å². The first-order chi connectivity index (χ1) is 15.8. The first kappa shape index (κ1) is 29.5. The van der Waals surface area contributed by atoms with E-state index in [0.717, 1.165) is 29.5 Å². The number of carbonyl (C=O) groups excluding carboxylic acids is 3. The van der Waals surface area contributed by atoms with Crippen molar-refractivity contribution in [1.29, 1.82) is 0 Å². The van der Waals surface area contributed by atoms with Gasteiger partial charge in [0.05, 0.1) is 0 Å². The molecule has 3 unspecified atom stereocenters. The number of nitrogens with zero attached hydrogens (tertiary/aromatic N) is 1. The van der Waals surface area contributed by atoms with Gasteiger partial charge in [-0.1, -0.05) is 62.9 Å². The van der Waals surface area contributed by atoms with Gasteiger partial charge >= 0.3 is 6.09 Å². The molecule has 0 spiro atoms. The molecule has 0 bridgehead atoms. The Hall–Kier alpha value is -2.57. The molecule has 192 valence electrons. The van der Waals surface area contributed by atoms with Crippen LogP contribution in [-0.2, 0) is 14.3 Å². The largest absolute Gasteiger partial charge is 0.444 e. The number of nitrogens with one attached hydrogen (secondary N) is 2. The highest BCUT2D eigenvalue weighted by atomic mass is 16.6. The average molecular weight is 476 g/mol. The lowest BCUT2D eigenvalue weighted by molar-refractivity contribution is -0.143. The predicted octanol–water partition coefficient (Wildman–Crippen LogP) is 5.05. The van der Waals surface area contributed by atoms with Crippen LogP contribution in [0.1, 0.15) is 90.5 Å². The highest BCUT2D eigenvalue weighted by molar-refractivity contribution is 5.92. The quantitative estimate of drug-likeness (QED) is 0.439. The van der Waals surface area contributed by atoms with E-state index in [-0.39, 0.29) is 17.7 Å². The number of likely N-dealkylation sites (N-methyl/N-ethyl adjacent to an activating group) is 1. The molecule has 34 heavy (non-hydrogen) atoms. The lowest BCUT2D eigenvalue weighted by Gasteiger charge is -2.35. The van der Waals surface area contributed by atoms with E-state index in [1.54, 1.807) is 25.7 Å². The van der Waals surface area contributed by atoms with Gasteiger partial charge in [0.25, 0.3) is 0 Å². The number of amides is 3. The molecule has 0 radical (unpaired) electrons. The number of hydrogen-bond donors (Lipinski definition) is 2. The molecule has 3 atom stereocenters. The van der Waals surface area contributed by atoms with Crippen LogP contribution in [0.4, 0.5) is 4.79 Å². The van der Waals surface area contributed by atoms with Crippen molar-refractivity contribution in [2.75, 3.05) is 13.1 Å². The molecule has 0 saturated carbocycles. The van der Waals surface area contributed by atoms with Crippen LogP contribution in [0.15, 0.2) is 18.2 Å². The van der Waals surface area contributed by atoms with Crippen molar-refractivity contribution in [1.82, 2.24) is 15.5 Å². The van der Waals surface area contributed by atoms with Crippen molar-refractivity contribution >= 4 is 17.9 Å². The van der Waals surface area contributed by atoms with Gasteiger partial charge in [-0.3, -0.25) is 9.59 Å². The zero-order valence-electron chi connectivity index (χ0n) is 22.6. The summed E-state index contributed by atoms with van der Waals surface area (Å²) in [7, 11) is 0. The summed E-state index contributed by atoms with van der Waals surface area (Å²) in [5.41, 5.74) is 2.13. The highest BCUT2D eigenvalue weighted by Crippen LogP contribution is 2.26. The number of ether oxygens (including phenoxy) is 1. The Kier molecular flexibility index (Phi) is 11.6. The average Bonchev–Trinajstić information content (AvgIpc) is 2.72. The maximum absolute atomic E-state index is 13.9. The zero-order valence-corrected chi connectivity index (χ0v) is 22.6. The summed E-state index contributed by atoms with van der Waals surface area (Å²) in [6, 6.07) is 4.34. The van der Waals surface area contributed by atoms with Gasteiger partial charge in [-0.25, -0.2) is 4.79 Å². The fourth-order valence-electron chi connectivity index (χ4n) is 3.89. The molecule has 1 rings (SSSR count). The minimum absolute atomic E-state index is 0.142. The SMILES string of the molecule is CCCCNC(=O)C(c1cc(C)cc(C)c1)N(CC)C(=O)C(NC(=O)OC(C)(C)C)C(C)CC. The fourth-order valence-corrected chi connectivity index (χ4v) is 3.89.